The molecule has 4 heteroatoms. The molecule has 1 fully saturated rings. The fourth-order valence-corrected chi connectivity index (χ4v) is 3.80. The van der Waals surface area contributed by atoms with Crippen LogP contribution in [0.25, 0.3) is 0 Å². The number of carbonyl (C=O) groups excluding carboxylic acids is 1. The number of hydrogen-bond donors (Lipinski definition) is 0. The predicted octanol–water partition coefficient (Wildman–Crippen LogP) is 4.89. The van der Waals surface area contributed by atoms with Crippen LogP contribution in [0.2, 0.25) is 0 Å². The normalized spacial score (nSPS) is 18.7. The summed E-state index contributed by atoms with van der Waals surface area (Å²) in [6.07, 6.45) is 1.11. The molecule has 0 bridgehead atoms. The molecular formula is C20H23NO2S. The molecule has 2 aromatic carbocycles. The predicted molar refractivity (Wildman–Crippen MR) is 101 cm³/mol. The largest absolute Gasteiger partial charge is 0.493 e. The van der Waals surface area contributed by atoms with Gasteiger partial charge >= 0.3 is 0 Å². The Kier molecular flexibility index (Phi) is 5.46. The smallest absolute Gasteiger partial charge is 0.238 e. The minimum absolute atomic E-state index is 0.0468. The number of nitrogens with zero attached hydrogens (tertiary/aromatic N) is 1. The summed E-state index contributed by atoms with van der Waals surface area (Å²) in [5.74, 6) is 2.08. The van der Waals surface area contributed by atoms with Gasteiger partial charge < -0.3 is 4.74 Å². The zero-order valence-corrected chi connectivity index (χ0v) is 15.0. The number of carbonyl (C=O) groups is 1. The van der Waals surface area contributed by atoms with Gasteiger partial charge in [-0.05, 0) is 35.7 Å². The Balaban J connectivity index is 1.75. The third kappa shape index (κ3) is 3.75. The molecule has 24 heavy (non-hydrogen) atoms. The van der Waals surface area contributed by atoms with E-state index in [9.17, 15) is 4.79 Å². The summed E-state index contributed by atoms with van der Waals surface area (Å²) >= 11 is 1.67. The van der Waals surface area contributed by atoms with E-state index in [2.05, 4.69) is 26.0 Å². The SMILES string of the molecule is CCC(C)COc1ccc(N2C(=O)CSC2c2ccccc2)cc1. The fraction of sp³-hybridized carbons (Fsp3) is 0.350. The Labute approximate surface area is 148 Å². The molecule has 1 aliphatic heterocycles. The number of hydrogen-bond acceptors (Lipinski definition) is 3. The number of rotatable bonds is 6. The van der Waals surface area contributed by atoms with Crippen molar-refractivity contribution in [2.24, 2.45) is 5.92 Å². The van der Waals surface area contributed by atoms with Crippen LogP contribution in [0, 0.1) is 5.92 Å². The quantitative estimate of drug-likeness (QED) is 0.749. The zero-order valence-electron chi connectivity index (χ0n) is 14.1. The van der Waals surface area contributed by atoms with Crippen molar-refractivity contribution in [3.8, 4) is 5.75 Å². The molecule has 1 amide bonds. The molecule has 2 atom stereocenters. The summed E-state index contributed by atoms with van der Waals surface area (Å²) in [5.41, 5.74) is 2.08. The van der Waals surface area contributed by atoms with Gasteiger partial charge in [0.15, 0.2) is 0 Å². The minimum atomic E-state index is 0.0468. The lowest BCUT2D eigenvalue weighted by molar-refractivity contribution is -0.115. The minimum Gasteiger partial charge on any atom is -0.493 e. The third-order valence-electron chi connectivity index (χ3n) is 4.30. The Hall–Kier alpha value is -1.94. The van der Waals surface area contributed by atoms with E-state index >= 15 is 0 Å². The van der Waals surface area contributed by atoms with Gasteiger partial charge in [0.1, 0.15) is 11.1 Å². The molecule has 3 nitrogen and oxygen atoms in total. The molecular weight excluding hydrogens is 318 g/mol. The molecule has 0 aromatic heterocycles. The molecule has 0 aliphatic carbocycles. The van der Waals surface area contributed by atoms with Crippen molar-refractivity contribution >= 4 is 23.4 Å². The molecule has 2 aromatic rings. The summed E-state index contributed by atoms with van der Waals surface area (Å²) in [5, 5.41) is 0.0468. The molecule has 0 saturated carbocycles. The van der Waals surface area contributed by atoms with Gasteiger partial charge in [-0.1, -0.05) is 50.6 Å². The second-order valence-corrected chi connectivity index (χ2v) is 7.22. The first-order valence-corrected chi connectivity index (χ1v) is 9.45. The third-order valence-corrected chi connectivity index (χ3v) is 5.51. The molecule has 126 valence electrons. The summed E-state index contributed by atoms with van der Waals surface area (Å²) in [7, 11) is 0. The van der Waals surface area contributed by atoms with Crippen molar-refractivity contribution in [3.05, 3.63) is 60.2 Å². The van der Waals surface area contributed by atoms with Gasteiger partial charge in [-0.2, -0.15) is 0 Å². The van der Waals surface area contributed by atoms with E-state index in [-0.39, 0.29) is 11.3 Å². The van der Waals surface area contributed by atoms with Crippen molar-refractivity contribution in [1.29, 1.82) is 0 Å². The van der Waals surface area contributed by atoms with Crippen LogP contribution in [0.4, 0.5) is 5.69 Å². The Morgan fingerprint density at radius 1 is 1.17 bits per heavy atom. The van der Waals surface area contributed by atoms with Gasteiger partial charge in [0.2, 0.25) is 5.91 Å². The molecule has 1 saturated heterocycles. The fourth-order valence-electron chi connectivity index (χ4n) is 2.63. The van der Waals surface area contributed by atoms with Gasteiger partial charge in [0.05, 0.1) is 12.4 Å². The maximum absolute atomic E-state index is 12.4. The van der Waals surface area contributed by atoms with E-state index in [4.69, 9.17) is 4.74 Å². The Morgan fingerprint density at radius 3 is 2.54 bits per heavy atom. The lowest BCUT2D eigenvalue weighted by Crippen LogP contribution is -2.27. The van der Waals surface area contributed by atoms with Gasteiger partial charge in [0, 0.05) is 5.69 Å². The summed E-state index contributed by atoms with van der Waals surface area (Å²) < 4.78 is 5.81. The van der Waals surface area contributed by atoms with E-state index in [1.54, 1.807) is 11.8 Å². The molecule has 0 radical (unpaired) electrons. The van der Waals surface area contributed by atoms with Crippen LogP contribution in [-0.2, 0) is 4.79 Å². The Morgan fingerprint density at radius 2 is 1.88 bits per heavy atom. The summed E-state index contributed by atoms with van der Waals surface area (Å²) in [6, 6.07) is 18.0. The topological polar surface area (TPSA) is 29.5 Å². The van der Waals surface area contributed by atoms with Gasteiger partial charge in [-0.15, -0.1) is 11.8 Å². The van der Waals surface area contributed by atoms with Crippen molar-refractivity contribution in [3.63, 3.8) is 0 Å². The molecule has 1 heterocycles. The first-order valence-electron chi connectivity index (χ1n) is 8.40. The lowest BCUT2D eigenvalue weighted by atomic mass is 10.1. The van der Waals surface area contributed by atoms with Gasteiger partial charge in [-0.25, -0.2) is 0 Å². The van der Waals surface area contributed by atoms with E-state index in [1.165, 1.54) is 0 Å². The highest BCUT2D eigenvalue weighted by Crippen LogP contribution is 2.41. The highest BCUT2D eigenvalue weighted by molar-refractivity contribution is 8.00. The number of ether oxygens (including phenoxy) is 1. The Bertz CT molecular complexity index is 672. The average molecular weight is 341 g/mol. The molecule has 0 spiro atoms. The second kappa shape index (κ2) is 7.75. The lowest BCUT2D eigenvalue weighted by Gasteiger charge is -2.24. The van der Waals surface area contributed by atoms with Crippen LogP contribution in [-0.4, -0.2) is 18.3 Å². The van der Waals surface area contributed by atoms with E-state index < -0.39 is 0 Å². The second-order valence-electron chi connectivity index (χ2n) is 6.16. The number of anilines is 1. The number of thioether (sulfide) groups is 1. The highest BCUT2D eigenvalue weighted by atomic mass is 32.2. The molecule has 0 N–H and O–H groups in total. The number of amides is 1. The summed E-state index contributed by atoms with van der Waals surface area (Å²) in [6.45, 7) is 5.07. The van der Waals surface area contributed by atoms with Crippen LogP contribution in [0.3, 0.4) is 0 Å². The maximum Gasteiger partial charge on any atom is 0.238 e. The van der Waals surface area contributed by atoms with Crippen LogP contribution < -0.4 is 9.64 Å². The van der Waals surface area contributed by atoms with Crippen LogP contribution >= 0.6 is 11.8 Å². The first-order chi connectivity index (χ1) is 11.7. The van der Waals surface area contributed by atoms with Crippen molar-refractivity contribution in [2.75, 3.05) is 17.3 Å². The van der Waals surface area contributed by atoms with E-state index in [1.807, 2.05) is 47.4 Å². The van der Waals surface area contributed by atoms with Crippen molar-refractivity contribution in [1.82, 2.24) is 0 Å². The highest BCUT2D eigenvalue weighted by Gasteiger charge is 2.33. The van der Waals surface area contributed by atoms with Crippen LogP contribution in [0.1, 0.15) is 31.2 Å². The van der Waals surface area contributed by atoms with Crippen molar-refractivity contribution in [2.45, 2.75) is 25.6 Å². The monoisotopic (exact) mass is 341 g/mol. The van der Waals surface area contributed by atoms with Gasteiger partial charge in [-0.3, -0.25) is 9.69 Å². The molecule has 3 rings (SSSR count). The zero-order chi connectivity index (χ0) is 16.9. The van der Waals surface area contributed by atoms with Crippen LogP contribution in [0.15, 0.2) is 54.6 Å². The first kappa shape index (κ1) is 16.9. The average Bonchev–Trinajstić information content (AvgIpc) is 3.02. The molecule has 2 unspecified atom stereocenters. The standard InChI is InChI=1S/C20H23NO2S/c1-3-15(2)13-23-18-11-9-17(10-12-18)21-19(22)14-24-20(21)16-7-5-4-6-8-16/h4-12,15,20H,3,13-14H2,1-2H3. The van der Waals surface area contributed by atoms with E-state index in [0.29, 0.717) is 11.7 Å². The number of benzene rings is 2. The summed E-state index contributed by atoms with van der Waals surface area (Å²) in [4.78, 5) is 14.3. The van der Waals surface area contributed by atoms with E-state index in [0.717, 1.165) is 30.0 Å². The maximum atomic E-state index is 12.4. The van der Waals surface area contributed by atoms with Crippen LogP contribution in [0.5, 0.6) is 5.75 Å². The van der Waals surface area contributed by atoms with Crippen molar-refractivity contribution < 1.29 is 9.53 Å². The molecule has 1 aliphatic rings. The van der Waals surface area contributed by atoms with Gasteiger partial charge in [0.25, 0.3) is 0 Å².